The van der Waals surface area contributed by atoms with Crippen LogP contribution in [0.1, 0.15) is 0 Å². The highest BCUT2D eigenvalue weighted by Gasteiger charge is 2.21. The number of halogens is 1. The third kappa shape index (κ3) is 8.06. The third-order valence-electron chi connectivity index (χ3n) is 11.7. The van der Waals surface area contributed by atoms with Crippen LogP contribution < -0.4 is 19.4 Å². The van der Waals surface area contributed by atoms with Gasteiger partial charge in [-0.3, -0.25) is 0 Å². The smallest absolute Gasteiger partial charge is 0.131 e. The highest BCUT2D eigenvalue weighted by Crippen LogP contribution is 2.45. The number of aromatic nitrogens is 1. The van der Waals surface area contributed by atoms with Crippen LogP contribution in [0.15, 0.2) is 265 Å². The van der Waals surface area contributed by atoms with Crippen LogP contribution in [-0.4, -0.2) is 4.57 Å². The van der Waals surface area contributed by atoms with Crippen molar-refractivity contribution in [3.05, 3.63) is 265 Å². The zero-order chi connectivity index (χ0) is 44.2. The maximum atomic E-state index is 7.08. The number of ether oxygens (including phenoxy) is 1. The highest BCUT2D eigenvalue weighted by atomic mass is 79.9. The first-order chi connectivity index (χ1) is 32.6. The van der Waals surface area contributed by atoms with Crippen LogP contribution in [0.3, 0.4) is 0 Å². The summed E-state index contributed by atoms with van der Waals surface area (Å²) in [5.74, 6) is 1.39. The van der Waals surface area contributed by atoms with E-state index in [2.05, 4.69) is 290 Å². The van der Waals surface area contributed by atoms with E-state index in [0.29, 0.717) is 11.5 Å². The number of hydrogen-bond acceptors (Lipinski definition) is 4. The quantitative estimate of drug-likeness (QED) is 0.122. The van der Waals surface area contributed by atoms with Crippen molar-refractivity contribution in [1.82, 2.24) is 4.57 Å². The van der Waals surface area contributed by atoms with Gasteiger partial charge in [0.1, 0.15) is 11.5 Å². The summed E-state index contributed by atoms with van der Waals surface area (Å²) in [5, 5.41) is 2.44. The number of para-hydroxylation sites is 7. The molecular formula is C60H43BrN4O. The molecule has 0 unspecified atom stereocenters. The Labute approximate surface area is 393 Å². The summed E-state index contributed by atoms with van der Waals surface area (Å²) >= 11 is 3.93. The van der Waals surface area contributed by atoms with E-state index in [4.69, 9.17) is 4.74 Å². The zero-order valence-electron chi connectivity index (χ0n) is 35.9. The monoisotopic (exact) mass is 914 g/mol. The van der Waals surface area contributed by atoms with Gasteiger partial charge in [-0.15, -0.1) is 0 Å². The second-order valence-corrected chi connectivity index (χ2v) is 16.9. The lowest BCUT2D eigenvalue weighted by Crippen LogP contribution is -2.13. The van der Waals surface area contributed by atoms with Crippen LogP contribution in [0.25, 0.3) is 27.5 Å². The molecule has 1 heterocycles. The van der Waals surface area contributed by atoms with Gasteiger partial charge in [0.05, 0.1) is 22.4 Å². The van der Waals surface area contributed by atoms with E-state index in [1.165, 1.54) is 10.8 Å². The Morgan fingerprint density at radius 1 is 0.288 bits per heavy atom. The van der Waals surface area contributed by atoms with Gasteiger partial charge in [0.25, 0.3) is 0 Å². The Bertz CT molecular complexity index is 3180. The number of fused-ring (bicyclic) bond motifs is 3. The van der Waals surface area contributed by atoms with Gasteiger partial charge in [-0.2, -0.15) is 0 Å². The van der Waals surface area contributed by atoms with Gasteiger partial charge >= 0.3 is 0 Å². The van der Waals surface area contributed by atoms with Gasteiger partial charge in [-0.1, -0.05) is 149 Å². The summed E-state index contributed by atoms with van der Waals surface area (Å²) in [5.41, 5.74) is 12.4. The molecule has 0 N–H and O–H groups in total. The van der Waals surface area contributed by atoms with E-state index < -0.39 is 0 Å². The van der Waals surface area contributed by atoms with Crippen molar-refractivity contribution >= 4 is 88.9 Å². The molecule has 0 amide bonds. The Hall–Kier alpha value is -8.32. The first-order valence-electron chi connectivity index (χ1n) is 22.0. The fourth-order valence-corrected chi connectivity index (χ4v) is 9.42. The molecule has 11 aromatic rings. The molecule has 0 aliphatic heterocycles. The molecule has 11 rings (SSSR count). The van der Waals surface area contributed by atoms with E-state index in [1.807, 2.05) is 6.07 Å². The summed E-state index contributed by atoms with van der Waals surface area (Å²) in [6.07, 6.45) is 0. The number of anilines is 9. The Morgan fingerprint density at radius 2 is 0.652 bits per heavy atom. The second-order valence-electron chi connectivity index (χ2n) is 16.0. The van der Waals surface area contributed by atoms with Crippen molar-refractivity contribution in [3.8, 4) is 17.2 Å². The van der Waals surface area contributed by atoms with E-state index in [9.17, 15) is 0 Å². The van der Waals surface area contributed by atoms with Crippen molar-refractivity contribution < 1.29 is 4.74 Å². The molecule has 0 saturated heterocycles. The molecule has 0 aliphatic carbocycles. The van der Waals surface area contributed by atoms with Crippen molar-refractivity contribution in [1.29, 1.82) is 0 Å². The summed E-state index contributed by atoms with van der Waals surface area (Å²) in [6, 6.07) is 91.2. The van der Waals surface area contributed by atoms with Crippen LogP contribution in [-0.2, 0) is 0 Å². The van der Waals surface area contributed by atoms with Gasteiger partial charge in [-0.05, 0) is 109 Å². The molecule has 5 nitrogen and oxygen atoms in total. The standard InChI is InChI=1S/C60H43BrN4O/c61-44-37-51(39-52(38-44)65-59-35-18-16-33-57(59)58-34-17-19-36-60(58)65)64(49-29-14-5-15-30-49)50-31-20-32-55(41-50)66-56-42-53(62(45-21-6-1-7-22-45)46-23-8-2-9-24-46)40-54(43-56)63(47-25-10-3-11-26-47)48-27-12-4-13-28-48/h1-43H. The van der Waals surface area contributed by atoms with E-state index >= 15 is 0 Å². The topological polar surface area (TPSA) is 23.9 Å². The number of benzene rings is 10. The average molecular weight is 916 g/mol. The summed E-state index contributed by atoms with van der Waals surface area (Å²) in [4.78, 5) is 6.84. The molecule has 0 spiro atoms. The van der Waals surface area contributed by atoms with Crippen molar-refractivity contribution in [2.24, 2.45) is 0 Å². The molecular weight excluding hydrogens is 873 g/mol. The Kier molecular flexibility index (Phi) is 11.1. The summed E-state index contributed by atoms with van der Waals surface area (Å²) < 4.78 is 10.4. The van der Waals surface area contributed by atoms with Gasteiger partial charge in [-0.25, -0.2) is 0 Å². The van der Waals surface area contributed by atoms with Crippen LogP contribution in [0, 0.1) is 0 Å². The second kappa shape index (κ2) is 18.0. The molecule has 1 aromatic heterocycles. The molecule has 0 saturated carbocycles. The molecule has 0 radical (unpaired) electrons. The minimum Gasteiger partial charge on any atom is -0.457 e. The average Bonchev–Trinajstić information content (AvgIpc) is 3.70. The molecule has 0 fully saturated rings. The fourth-order valence-electron chi connectivity index (χ4n) is 8.95. The fraction of sp³-hybridized carbons (Fsp3) is 0. The molecule has 10 aromatic carbocycles. The largest absolute Gasteiger partial charge is 0.457 e. The number of hydrogen-bond donors (Lipinski definition) is 0. The lowest BCUT2D eigenvalue weighted by atomic mass is 10.1. The molecule has 66 heavy (non-hydrogen) atoms. The molecule has 316 valence electrons. The lowest BCUT2D eigenvalue weighted by Gasteiger charge is -2.30. The van der Waals surface area contributed by atoms with Gasteiger partial charge in [0, 0.05) is 78.9 Å². The van der Waals surface area contributed by atoms with Crippen molar-refractivity contribution in [2.75, 3.05) is 14.7 Å². The van der Waals surface area contributed by atoms with Crippen LogP contribution in [0.2, 0.25) is 0 Å². The molecule has 0 atom stereocenters. The van der Waals surface area contributed by atoms with E-state index in [1.54, 1.807) is 0 Å². The van der Waals surface area contributed by atoms with E-state index in [-0.39, 0.29) is 0 Å². The minimum absolute atomic E-state index is 0.691. The molecule has 6 heteroatoms. The SMILES string of the molecule is Brc1cc(N(c2ccccc2)c2cccc(Oc3cc(N(c4ccccc4)c4ccccc4)cc(N(c4ccccc4)c4ccccc4)c3)c2)cc(-n2c3ccccc3c3ccccc32)c1. The number of rotatable bonds is 12. The first kappa shape index (κ1) is 40.5. The van der Waals surface area contributed by atoms with Gasteiger partial charge < -0.3 is 24.0 Å². The van der Waals surface area contributed by atoms with Crippen LogP contribution in [0.4, 0.5) is 51.2 Å². The predicted molar refractivity (Wildman–Crippen MR) is 279 cm³/mol. The lowest BCUT2D eigenvalue weighted by molar-refractivity contribution is 0.483. The zero-order valence-corrected chi connectivity index (χ0v) is 37.5. The van der Waals surface area contributed by atoms with Crippen molar-refractivity contribution in [2.45, 2.75) is 0 Å². The maximum absolute atomic E-state index is 7.08. The first-order valence-corrected chi connectivity index (χ1v) is 22.8. The Balaban J connectivity index is 1.05. The summed E-state index contributed by atoms with van der Waals surface area (Å²) in [7, 11) is 0. The minimum atomic E-state index is 0.691. The normalized spacial score (nSPS) is 11.1. The van der Waals surface area contributed by atoms with Crippen LogP contribution >= 0.6 is 15.9 Å². The number of nitrogens with zero attached hydrogens (tertiary/aromatic N) is 4. The Morgan fingerprint density at radius 3 is 1.11 bits per heavy atom. The summed E-state index contributed by atoms with van der Waals surface area (Å²) in [6.45, 7) is 0. The van der Waals surface area contributed by atoms with Crippen molar-refractivity contribution in [3.63, 3.8) is 0 Å². The highest BCUT2D eigenvalue weighted by molar-refractivity contribution is 9.10. The van der Waals surface area contributed by atoms with Gasteiger partial charge in [0.2, 0.25) is 0 Å². The third-order valence-corrected chi connectivity index (χ3v) is 12.2. The van der Waals surface area contributed by atoms with Gasteiger partial charge in [0.15, 0.2) is 0 Å². The molecule has 0 aliphatic rings. The maximum Gasteiger partial charge on any atom is 0.131 e. The molecule has 0 bridgehead atoms. The van der Waals surface area contributed by atoms with Crippen LogP contribution in [0.5, 0.6) is 11.5 Å². The van der Waals surface area contributed by atoms with E-state index in [0.717, 1.165) is 72.4 Å². The predicted octanol–water partition coefficient (Wildman–Crippen LogP) is 17.7.